The topological polar surface area (TPSA) is 17.1 Å². The number of carbonyl (C=O) groups is 1. The normalized spacial score (nSPS) is 12.7. The van der Waals surface area contributed by atoms with E-state index in [1.807, 2.05) is 0 Å². The average Bonchev–Trinajstić information content (AvgIpc) is 2.13. The summed E-state index contributed by atoms with van der Waals surface area (Å²) < 4.78 is 98.4. The van der Waals surface area contributed by atoms with Gasteiger partial charge in [0.15, 0.2) is 0 Å². The molecule has 0 heterocycles. The first-order chi connectivity index (χ1) is 7.96. The molecule has 1 nitrogen and oxygen atoms in total. The molecule has 0 unspecified atom stereocenters. The van der Waals surface area contributed by atoms with Crippen LogP contribution in [0.4, 0.5) is 35.1 Å². The van der Waals surface area contributed by atoms with E-state index in [1.165, 1.54) is 0 Å². The summed E-state index contributed by atoms with van der Waals surface area (Å²) in [5, 5.41) is 0. The van der Waals surface area contributed by atoms with E-state index in [9.17, 15) is 39.9 Å². The maximum absolute atomic E-state index is 13.1. The fourth-order valence-corrected chi connectivity index (χ4v) is 1.12. The quantitative estimate of drug-likeness (QED) is 0.565. The molecule has 0 fully saturated rings. The number of halogens is 8. The van der Waals surface area contributed by atoms with Crippen LogP contribution < -0.4 is 0 Å². The van der Waals surface area contributed by atoms with Crippen LogP contribution in [0.15, 0.2) is 12.1 Å². The molecule has 0 aliphatic heterocycles. The molecule has 1 rings (SSSR count). The zero-order valence-corrected chi connectivity index (χ0v) is 8.09. The predicted octanol–water partition coefficient (Wildman–Crippen LogP) is 3.73. The number of hydrogen-bond donors (Lipinski definition) is 0. The minimum atomic E-state index is -5.67. The van der Waals surface area contributed by atoms with E-state index in [4.69, 9.17) is 0 Å². The van der Waals surface area contributed by atoms with Crippen LogP contribution in [0.3, 0.4) is 0 Å². The fourth-order valence-electron chi connectivity index (χ4n) is 1.12. The Kier molecular flexibility index (Phi) is 3.37. The number of ketones is 1. The Morgan fingerprint density at radius 1 is 0.944 bits per heavy atom. The van der Waals surface area contributed by atoms with E-state index in [-0.39, 0.29) is 12.1 Å². The maximum atomic E-state index is 13.1. The highest BCUT2D eigenvalue weighted by Crippen LogP contribution is 2.35. The minimum absolute atomic E-state index is 0.0507. The number of rotatable bonds is 1. The number of Topliss-reactive ketones (excluding diaryl/α,β-unsaturated/α-hetero) is 1. The van der Waals surface area contributed by atoms with Gasteiger partial charge in [-0.2, -0.15) is 26.3 Å². The lowest BCUT2D eigenvalue weighted by Crippen LogP contribution is -2.26. The molecule has 0 aliphatic carbocycles. The van der Waals surface area contributed by atoms with E-state index in [0.29, 0.717) is 0 Å². The summed E-state index contributed by atoms with van der Waals surface area (Å²) in [6.45, 7) is 0. The Bertz CT molecular complexity index is 485. The maximum Gasteiger partial charge on any atom is 0.455 e. The van der Waals surface area contributed by atoms with Crippen molar-refractivity contribution < 1.29 is 39.9 Å². The molecule has 18 heavy (non-hydrogen) atoms. The van der Waals surface area contributed by atoms with Gasteiger partial charge in [0, 0.05) is 0 Å². The third-order valence-corrected chi connectivity index (χ3v) is 1.88. The molecule has 0 bridgehead atoms. The first-order valence-corrected chi connectivity index (χ1v) is 4.13. The van der Waals surface area contributed by atoms with Crippen LogP contribution in [0, 0.1) is 11.6 Å². The molecule has 100 valence electrons. The molecule has 0 spiro atoms. The molecule has 0 aromatic heterocycles. The Morgan fingerprint density at radius 2 is 1.44 bits per heavy atom. The van der Waals surface area contributed by atoms with Crippen LogP contribution in [0.25, 0.3) is 0 Å². The Morgan fingerprint density at radius 3 is 1.83 bits per heavy atom. The standard InChI is InChI=1S/C9H2F8O/c10-4-2-1-3(8(12,13)14)6(11)5(4)7(18)9(15,16)17/h1-2H. The molecular formula is C9H2F8O. The predicted molar refractivity (Wildman–Crippen MR) is 41.7 cm³/mol. The lowest BCUT2D eigenvalue weighted by molar-refractivity contribution is -0.140. The minimum Gasteiger partial charge on any atom is -0.284 e. The van der Waals surface area contributed by atoms with Crippen molar-refractivity contribution in [1.82, 2.24) is 0 Å². The lowest BCUT2D eigenvalue weighted by atomic mass is 10.0. The van der Waals surface area contributed by atoms with Crippen molar-refractivity contribution >= 4 is 5.78 Å². The van der Waals surface area contributed by atoms with Gasteiger partial charge in [0.25, 0.3) is 5.78 Å². The van der Waals surface area contributed by atoms with Gasteiger partial charge in [0.1, 0.15) is 11.6 Å². The summed E-state index contributed by atoms with van der Waals surface area (Å²) in [4.78, 5) is 10.6. The van der Waals surface area contributed by atoms with E-state index in [2.05, 4.69) is 0 Å². The molecule has 0 saturated carbocycles. The van der Waals surface area contributed by atoms with Crippen LogP contribution in [0.5, 0.6) is 0 Å². The first kappa shape index (κ1) is 14.4. The summed E-state index contributed by atoms with van der Waals surface area (Å²) in [5.41, 5.74) is -4.41. The molecule has 0 amide bonds. The average molecular weight is 278 g/mol. The van der Waals surface area contributed by atoms with Crippen molar-refractivity contribution in [1.29, 1.82) is 0 Å². The zero-order chi connectivity index (χ0) is 14.3. The Hall–Kier alpha value is -1.67. The number of carbonyl (C=O) groups excluding carboxylic acids is 1. The smallest absolute Gasteiger partial charge is 0.284 e. The summed E-state index contributed by atoms with van der Waals surface area (Å²) >= 11 is 0. The summed E-state index contributed by atoms with van der Waals surface area (Å²) in [6.07, 6.45) is -11.0. The number of benzene rings is 1. The van der Waals surface area contributed by atoms with Gasteiger partial charge in [0.05, 0.1) is 11.1 Å². The molecule has 1 aromatic carbocycles. The Labute approximate surface area is 94.0 Å². The van der Waals surface area contributed by atoms with Gasteiger partial charge in [-0.15, -0.1) is 0 Å². The van der Waals surface area contributed by atoms with Gasteiger partial charge in [-0.3, -0.25) is 4.79 Å². The van der Waals surface area contributed by atoms with Crippen LogP contribution in [0.1, 0.15) is 15.9 Å². The highest BCUT2D eigenvalue weighted by molar-refractivity contribution is 6.00. The van der Waals surface area contributed by atoms with Crippen LogP contribution in [0.2, 0.25) is 0 Å². The van der Waals surface area contributed by atoms with Gasteiger partial charge in [-0.25, -0.2) is 8.78 Å². The van der Waals surface area contributed by atoms with Crippen LogP contribution in [-0.2, 0) is 6.18 Å². The van der Waals surface area contributed by atoms with Gasteiger partial charge in [-0.05, 0) is 12.1 Å². The Balaban J connectivity index is 3.51. The molecule has 0 N–H and O–H groups in total. The molecular weight excluding hydrogens is 276 g/mol. The summed E-state index contributed by atoms with van der Waals surface area (Å²) in [5.74, 6) is -7.60. The molecule has 0 saturated heterocycles. The largest absolute Gasteiger partial charge is 0.455 e. The molecule has 0 aliphatic rings. The van der Waals surface area contributed by atoms with E-state index < -0.39 is 40.9 Å². The van der Waals surface area contributed by atoms with Gasteiger partial charge in [-0.1, -0.05) is 0 Å². The molecule has 9 heteroatoms. The van der Waals surface area contributed by atoms with Crippen molar-refractivity contribution in [3.8, 4) is 0 Å². The molecule has 0 radical (unpaired) electrons. The van der Waals surface area contributed by atoms with Crippen LogP contribution >= 0.6 is 0 Å². The van der Waals surface area contributed by atoms with Crippen molar-refractivity contribution in [3.63, 3.8) is 0 Å². The fraction of sp³-hybridized carbons (Fsp3) is 0.222. The number of alkyl halides is 6. The van der Waals surface area contributed by atoms with Crippen molar-refractivity contribution in [2.45, 2.75) is 12.4 Å². The van der Waals surface area contributed by atoms with Crippen molar-refractivity contribution in [3.05, 3.63) is 34.9 Å². The SMILES string of the molecule is O=C(c1c(F)ccc(C(F)(F)F)c1F)C(F)(F)F. The van der Waals surface area contributed by atoms with Crippen molar-refractivity contribution in [2.24, 2.45) is 0 Å². The van der Waals surface area contributed by atoms with E-state index >= 15 is 0 Å². The second-order valence-corrected chi connectivity index (χ2v) is 3.11. The van der Waals surface area contributed by atoms with Crippen LogP contribution in [-0.4, -0.2) is 12.0 Å². The monoisotopic (exact) mass is 278 g/mol. The summed E-state index contributed by atoms with van der Waals surface area (Å²) in [7, 11) is 0. The summed E-state index contributed by atoms with van der Waals surface area (Å²) in [6, 6.07) is -0.136. The molecule has 1 aromatic rings. The van der Waals surface area contributed by atoms with E-state index in [0.717, 1.165) is 0 Å². The van der Waals surface area contributed by atoms with Gasteiger partial charge in [0.2, 0.25) is 0 Å². The highest BCUT2D eigenvalue weighted by Gasteiger charge is 2.45. The van der Waals surface area contributed by atoms with Crippen molar-refractivity contribution in [2.75, 3.05) is 0 Å². The second-order valence-electron chi connectivity index (χ2n) is 3.11. The zero-order valence-electron chi connectivity index (χ0n) is 8.09. The third-order valence-electron chi connectivity index (χ3n) is 1.88. The van der Waals surface area contributed by atoms with Gasteiger partial charge < -0.3 is 0 Å². The molecule has 0 atom stereocenters. The third kappa shape index (κ3) is 2.59. The highest BCUT2D eigenvalue weighted by atomic mass is 19.4. The second kappa shape index (κ2) is 4.21. The lowest BCUT2D eigenvalue weighted by Gasteiger charge is -2.12. The first-order valence-electron chi connectivity index (χ1n) is 4.13. The number of hydrogen-bond acceptors (Lipinski definition) is 1. The van der Waals surface area contributed by atoms with Gasteiger partial charge >= 0.3 is 12.4 Å². The van der Waals surface area contributed by atoms with E-state index in [1.54, 1.807) is 0 Å².